The van der Waals surface area contributed by atoms with Crippen LogP contribution in [0.4, 0.5) is 10.5 Å². The fourth-order valence-corrected chi connectivity index (χ4v) is 2.45. The van der Waals surface area contributed by atoms with Crippen molar-refractivity contribution in [2.75, 3.05) is 5.32 Å². The van der Waals surface area contributed by atoms with Crippen LogP contribution in [0.5, 0.6) is 0 Å². The summed E-state index contributed by atoms with van der Waals surface area (Å²) in [5.41, 5.74) is 0.302. The third-order valence-electron chi connectivity index (χ3n) is 2.59. The second-order valence-electron chi connectivity index (χ2n) is 4.84. The van der Waals surface area contributed by atoms with Gasteiger partial charge in [-0.2, -0.15) is 0 Å². The van der Waals surface area contributed by atoms with Crippen molar-refractivity contribution < 1.29 is 14.7 Å². The van der Waals surface area contributed by atoms with Gasteiger partial charge in [-0.25, -0.2) is 9.59 Å². The van der Waals surface area contributed by atoms with E-state index in [0.717, 1.165) is 0 Å². The van der Waals surface area contributed by atoms with Crippen LogP contribution in [0.25, 0.3) is 0 Å². The largest absolute Gasteiger partial charge is 0.480 e. The maximum atomic E-state index is 11.9. The number of carbonyl (C=O) groups is 2. The first-order valence-electron chi connectivity index (χ1n) is 6.16. The topological polar surface area (TPSA) is 78.4 Å². The molecule has 0 radical (unpaired) electrons. The second kappa shape index (κ2) is 7.87. The number of carboxylic acid groups (broad SMARTS) is 1. The minimum Gasteiger partial charge on any atom is -0.480 e. The Morgan fingerprint density at radius 2 is 1.90 bits per heavy atom. The molecule has 0 aliphatic carbocycles. The molecule has 3 N–H and O–H groups in total. The molecule has 0 spiro atoms. The third kappa shape index (κ3) is 5.37. The molecule has 0 unspecified atom stereocenters. The number of hydrogen-bond acceptors (Lipinski definition) is 2. The highest BCUT2D eigenvalue weighted by atomic mass is 79.9. The molecule has 0 fully saturated rings. The summed E-state index contributed by atoms with van der Waals surface area (Å²) in [6.07, 6.45) is 0.331. The predicted molar refractivity (Wildman–Crippen MR) is 87.2 cm³/mol. The van der Waals surface area contributed by atoms with Crippen molar-refractivity contribution in [3.63, 3.8) is 0 Å². The minimum absolute atomic E-state index is 0.136. The van der Waals surface area contributed by atoms with Gasteiger partial charge in [0.05, 0.1) is 15.7 Å². The molecule has 21 heavy (non-hydrogen) atoms. The van der Waals surface area contributed by atoms with Crippen molar-refractivity contribution in [3.05, 3.63) is 26.7 Å². The molecule has 5 nitrogen and oxygen atoms in total. The summed E-state index contributed by atoms with van der Waals surface area (Å²) in [5.74, 6) is -0.948. The van der Waals surface area contributed by atoms with Crippen molar-refractivity contribution in [1.29, 1.82) is 0 Å². The molecule has 0 saturated carbocycles. The number of rotatable bonds is 5. The molecule has 0 bridgehead atoms. The molecule has 1 aromatic carbocycles. The summed E-state index contributed by atoms with van der Waals surface area (Å²) >= 11 is 15.2. The van der Waals surface area contributed by atoms with Gasteiger partial charge < -0.3 is 15.7 Å². The van der Waals surface area contributed by atoms with Crippen molar-refractivity contribution in [3.8, 4) is 0 Å². The number of halogens is 3. The van der Waals surface area contributed by atoms with Gasteiger partial charge in [0.1, 0.15) is 6.04 Å². The van der Waals surface area contributed by atoms with Gasteiger partial charge in [-0.05, 0) is 40.4 Å². The quantitative estimate of drug-likeness (QED) is 0.645. The Kier molecular flexibility index (Phi) is 6.77. The van der Waals surface area contributed by atoms with Crippen LogP contribution in [0.15, 0.2) is 16.6 Å². The molecule has 1 aromatic rings. The predicted octanol–water partition coefficient (Wildman–Crippen LogP) is 4.38. The molecule has 0 aromatic heterocycles. The Balaban J connectivity index is 2.77. The third-order valence-corrected chi connectivity index (χ3v) is 4.36. The van der Waals surface area contributed by atoms with Crippen LogP contribution in [0.3, 0.4) is 0 Å². The lowest BCUT2D eigenvalue weighted by Gasteiger charge is -2.17. The molecule has 1 atom stereocenters. The van der Waals surface area contributed by atoms with Gasteiger partial charge in [0.15, 0.2) is 0 Å². The zero-order chi connectivity index (χ0) is 16.2. The summed E-state index contributed by atoms with van der Waals surface area (Å²) < 4.78 is 0.600. The van der Waals surface area contributed by atoms with Crippen molar-refractivity contribution in [2.24, 2.45) is 5.92 Å². The average molecular weight is 398 g/mol. The number of aliphatic carboxylic acids is 1. The van der Waals surface area contributed by atoms with Crippen LogP contribution >= 0.6 is 39.1 Å². The molecule has 2 amide bonds. The maximum absolute atomic E-state index is 11.9. The molecule has 0 saturated heterocycles. The van der Waals surface area contributed by atoms with Crippen LogP contribution in [0.1, 0.15) is 20.3 Å². The van der Waals surface area contributed by atoms with Crippen molar-refractivity contribution >= 4 is 56.8 Å². The first-order chi connectivity index (χ1) is 9.72. The minimum atomic E-state index is -1.08. The first kappa shape index (κ1) is 18.1. The molecule has 0 heterocycles. The zero-order valence-electron chi connectivity index (χ0n) is 11.4. The molecule has 8 heteroatoms. The van der Waals surface area contributed by atoms with Gasteiger partial charge >= 0.3 is 12.0 Å². The molecular weight excluding hydrogens is 383 g/mol. The highest BCUT2D eigenvalue weighted by Crippen LogP contribution is 2.35. The number of amides is 2. The number of hydrogen-bond donors (Lipinski definition) is 3. The summed E-state index contributed by atoms with van der Waals surface area (Å²) in [7, 11) is 0. The molecule has 0 aliphatic rings. The van der Waals surface area contributed by atoms with E-state index in [-0.39, 0.29) is 16.0 Å². The lowest BCUT2D eigenvalue weighted by atomic mass is 10.0. The fourth-order valence-electron chi connectivity index (χ4n) is 1.63. The Bertz CT molecular complexity index is 552. The lowest BCUT2D eigenvalue weighted by molar-refractivity contribution is -0.139. The fraction of sp³-hybridized carbons (Fsp3) is 0.385. The number of nitrogens with one attached hydrogen (secondary N) is 2. The van der Waals surface area contributed by atoms with Gasteiger partial charge in [0, 0.05) is 4.47 Å². The Hall–Kier alpha value is -0.980. The van der Waals surface area contributed by atoms with E-state index in [1.54, 1.807) is 12.1 Å². The van der Waals surface area contributed by atoms with E-state index in [4.69, 9.17) is 28.3 Å². The SMILES string of the molecule is CC(C)C[C@H](NC(=O)Nc1ccc(Br)c(Cl)c1Cl)C(=O)O. The zero-order valence-corrected chi connectivity index (χ0v) is 14.5. The summed E-state index contributed by atoms with van der Waals surface area (Å²) in [5, 5.41) is 14.4. The monoisotopic (exact) mass is 396 g/mol. The van der Waals surface area contributed by atoms with Crippen LogP contribution in [0, 0.1) is 5.92 Å². The normalized spacial score (nSPS) is 12.1. The van der Waals surface area contributed by atoms with E-state index in [2.05, 4.69) is 26.6 Å². The lowest BCUT2D eigenvalue weighted by Crippen LogP contribution is -2.43. The second-order valence-corrected chi connectivity index (χ2v) is 6.45. The van der Waals surface area contributed by atoms with Crippen LogP contribution in [0.2, 0.25) is 10.0 Å². The summed E-state index contributed by atoms with van der Waals surface area (Å²) in [4.78, 5) is 23.0. The Morgan fingerprint density at radius 1 is 1.29 bits per heavy atom. The van der Waals surface area contributed by atoms with Gasteiger partial charge in [-0.1, -0.05) is 37.0 Å². The van der Waals surface area contributed by atoms with Crippen LogP contribution in [-0.4, -0.2) is 23.1 Å². The van der Waals surface area contributed by atoms with E-state index < -0.39 is 18.0 Å². The number of carboxylic acids is 1. The van der Waals surface area contributed by atoms with E-state index in [9.17, 15) is 9.59 Å². The van der Waals surface area contributed by atoms with Gasteiger partial charge in [-0.3, -0.25) is 0 Å². The highest BCUT2D eigenvalue weighted by Gasteiger charge is 2.21. The number of urea groups is 1. The Morgan fingerprint density at radius 3 is 2.43 bits per heavy atom. The van der Waals surface area contributed by atoms with E-state index in [1.807, 2.05) is 13.8 Å². The number of carbonyl (C=O) groups excluding carboxylic acids is 1. The van der Waals surface area contributed by atoms with Crippen LogP contribution in [-0.2, 0) is 4.79 Å². The molecule has 116 valence electrons. The highest BCUT2D eigenvalue weighted by molar-refractivity contribution is 9.10. The maximum Gasteiger partial charge on any atom is 0.326 e. The average Bonchev–Trinajstić information content (AvgIpc) is 2.38. The molecular formula is C13H15BrCl2N2O3. The first-order valence-corrected chi connectivity index (χ1v) is 7.71. The van der Waals surface area contributed by atoms with Crippen molar-refractivity contribution in [2.45, 2.75) is 26.3 Å². The van der Waals surface area contributed by atoms with Crippen molar-refractivity contribution in [1.82, 2.24) is 5.32 Å². The number of anilines is 1. The van der Waals surface area contributed by atoms with Gasteiger partial charge in [0.25, 0.3) is 0 Å². The molecule has 1 rings (SSSR count). The van der Waals surface area contributed by atoms with E-state index >= 15 is 0 Å². The van der Waals surface area contributed by atoms with Gasteiger partial charge in [0.2, 0.25) is 0 Å². The summed E-state index contributed by atoms with van der Waals surface area (Å²) in [6.45, 7) is 3.75. The summed E-state index contributed by atoms with van der Waals surface area (Å²) in [6, 6.07) is 1.58. The number of benzene rings is 1. The Labute approximate surface area is 141 Å². The van der Waals surface area contributed by atoms with E-state index in [0.29, 0.717) is 16.6 Å². The smallest absolute Gasteiger partial charge is 0.326 e. The van der Waals surface area contributed by atoms with E-state index in [1.165, 1.54) is 0 Å². The van der Waals surface area contributed by atoms with Crippen LogP contribution < -0.4 is 10.6 Å². The molecule has 0 aliphatic heterocycles. The standard InChI is InChI=1S/C13H15BrCl2N2O3/c1-6(2)5-9(12(19)20)18-13(21)17-8-4-3-7(14)10(15)11(8)16/h3-4,6,9H,5H2,1-2H3,(H,19,20)(H2,17,18,21)/t9-/m0/s1. The van der Waals surface area contributed by atoms with Gasteiger partial charge in [-0.15, -0.1) is 0 Å².